The maximum Gasteiger partial charge on any atom is 0.223 e. The number of nitrogens with two attached hydrogens (primary N) is 1. The number of aromatic nitrogens is 2. The third-order valence-corrected chi connectivity index (χ3v) is 8.01. The molecule has 1 aliphatic carbocycles. The Labute approximate surface area is 183 Å². The van der Waals surface area contributed by atoms with Crippen LogP contribution in [0.4, 0.5) is 11.8 Å². The molecule has 2 bridgehead atoms. The second-order valence-electron chi connectivity index (χ2n) is 9.86. The summed E-state index contributed by atoms with van der Waals surface area (Å²) in [6.07, 6.45) is 8.23. The molecule has 1 aromatic carbocycles. The zero-order chi connectivity index (χ0) is 20.9. The van der Waals surface area contributed by atoms with E-state index >= 15 is 0 Å². The van der Waals surface area contributed by atoms with Gasteiger partial charge in [0.25, 0.3) is 0 Å². The molecule has 4 aliphatic rings. The molecule has 1 aromatic heterocycles. The minimum atomic E-state index is 0.270. The number of aryl methyl sites for hydroxylation is 1. The lowest BCUT2D eigenvalue weighted by atomic mass is 9.70. The largest absolute Gasteiger partial charge is 0.368 e. The first-order valence-corrected chi connectivity index (χ1v) is 11.9. The number of benzene rings is 1. The first kappa shape index (κ1) is 19.1. The topological polar surface area (TPSA) is 75.3 Å². The van der Waals surface area contributed by atoms with E-state index in [-0.39, 0.29) is 6.04 Å². The van der Waals surface area contributed by atoms with E-state index in [1.165, 1.54) is 17.5 Å². The van der Waals surface area contributed by atoms with Crippen LogP contribution in [0, 0.1) is 11.8 Å². The Morgan fingerprint density at radius 2 is 1.84 bits per heavy atom. The Kier molecular flexibility index (Phi) is 4.62. The van der Waals surface area contributed by atoms with Gasteiger partial charge in [-0.25, -0.2) is 4.98 Å². The summed E-state index contributed by atoms with van der Waals surface area (Å²) in [6.45, 7) is 1.93. The van der Waals surface area contributed by atoms with Gasteiger partial charge < -0.3 is 15.5 Å². The van der Waals surface area contributed by atoms with Crippen LogP contribution in [0.5, 0.6) is 0 Å². The summed E-state index contributed by atoms with van der Waals surface area (Å²) >= 11 is 0. The predicted molar refractivity (Wildman–Crippen MR) is 121 cm³/mol. The second kappa shape index (κ2) is 7.50. The van der Waals surface area contributed by atoms with Gasteiger partial charge in [-0.3, -0.25) is 4.79 Å². The molecule has 0 unspecified atom stereocenters. The van der Waals surface area contributed by atoms with Crippen LogP contribution in [0.2, 0.25) is 0 Å². The summed E-state index contributed by atoms with van der Waals surface area (Å²) < 4.78 is 0. The molecule has 4 atom stereocenters. The highest BCUT2D eigenvalue weighted by Gasteiger charge is 2.49. The molecule has 0 saturated carbocycles. The summed E-state index contributed by atoms with van der Waals surface area (Å²) in [4.78, 5) is 27.1. The maximum absolute atomic E-state index is 13.1. The number of nitrogen functional groups attached to an aromatic ring is 1. The minimum Gasteiger partial charge on any atom is -0.368 e. The number of hydrogen-bond acceptors (Lipinski definition) is 5. The van der Waals surface area contributed by atoms with Crippen molar-refractivity contribution in [1.29, 1.82) is 0 Å². The summed E-state index contributed by atoms with van der Waals surface area (Å²) in [7, 11) is 0. The first-order chi connectivity index (χ1) is 15.2. The average Bonchev–Trinajstić information content (AvgIpc) is 3.25. The summed E-state index contributed by atoms with van der Waals surface area (Å²) in [5.41, 5.74) is 9.89. The van der Waals surface area contributed by atoms with Crippen LogP contribution in [-0.2, 0) is 24.1 Å². The van der Waals surface area contributed by atoms with Gasteiger partial charge in [0.15, 0.2) is 0 Å². The van der Waals surface area contributed by atoms with Gasteiger partial charge in [0.1, 0.15) is 5.82 Å². The van der Waals surface area contributed by atoms with Crippen LogP contribution in [0.1, 0.15) is 48.9 Å². The van der Waals surface area contributed by atoms with Crippen LogP contribution in [0.3, 0.4) is 0 Å². The van der Waals surface area contributed by atoms with Gasteiger partial charge in [0.2, 0.25) is 11.9 Å². The normalized spacial score (nSPS) is 29.6. The molecule has 2 aromatic rings. The average molecular weight is 418 g/mol. The standard InChI is InChI=1S/C25H31N5O/c26-25-27-20-9-4-8-19(20)24(28-25)29-14-17-13-18(15-29)22(12-16-6-2-1-3-7-16)30-21(17)10-5-11-23(30)31/h1-3,6-7,17-18,21-22H,4-5,8-15H2,(H2,26,27,28)/t17-,18+,21+,22+/m1/s1. The number of carbonyl (C=O) groups is 1. The van der Waals surface area contributed by atoms with Crippen molar-refractivity contribution >= 4 is 17.7 Å². The molecule has 3 saturated heterocycles. The van der Waals surface area contributed by atoms with E-state index in [0.717, 1.165) is 63.1 Å². The van der Waals surface area contributed by atoms with Gasteiger partial charge in [-0.1, -0.05) is 30.3 Å². The number of carbonyl (C=O) groups excluding carboxylic acids is 1. The number of anilines is 2. The van der Waals surface area contributed by atoms with Crippen molar-refractivity contribution in [3.05, 3.63) is 47.2 Å². The summed E-state index contributed by atoms with van der Waals surface area (Å²) in [5.74, 6) is 2.83. The maximum atomic E-state index is 13.1. The van der Waals surface area contributed by atoms with Crippen molar-refractivity contribution in [3.63, 3.8) is 0 Å². The highest BCUT2D eigenvalue weighted by molar-refractivity contribution is 5.78. The van der Waals surface area contributed by atoms with E-state index in [0.29, 0.717) is 36.2 Å². The van der Waals surface area contributed by atoms with Crippen LogP contribution in [0.25, 0.3) is 0 Å². The monoisotopic (exact) mass is 417 g/mol. The number of piperidine rings is 3. The number of hydrogen-bond donors (Lipinski definition) is 1. The second-order valence-corrected chi connectivity index (χ2v) is 9.86. The van der Waals surface area contributed by atoms with Crippen molar-refractivity contribution in [1.82, 2.24) is 14.9 Å². The SMILES string of the molecule is Nc1nc2c(c(N3C[C@H]4C[C@@H](C3)[C@H](Cc3ccccc3)N3C(=O)CCC[C@@H]43)n1)CCC2. The Hall–Kier alpha value is -2.63. The molecule has 3 fully saturated rings. The summed E-state index contributed by atoms with van der Waals surface area (Å²) in [5, 5.41) is 0. The highest BCUT2D eigenvalue weighted by Crippen LogP contribution is 2.44. The van der Waals surface area contributed by atoms with Crippen molar-refractivity contribution in [2.75, 3.05) is 23.7 Å². The van der Waals surface area contributed by atoms with Crippen LogP contribution in [-0.4, -0.2) is 45.9 Å². The third-order valence-electron chi connectivity index (χ3n) is 8.01. The minimum absolute atomic E-state index is 0.270. The van der Waals surface area contributed by atoms with E-state index in [1.54, 1.807) is 0 Å². The van der Waals surface area contributed by atoms with Crippen molar-refractivity contribution in [3.8, 4) is 0 Å². The molecule has 4 heterocycles. The van der Waals surface area contributed by atoms with Gasteiger partial charge in [-0.15, -0.1) is 0 Å². The van der Waals surface area contributed by atoms with Gasteiger partial charge in [0, 0.05) is 37.2 Å². The van der Waals surface area contributed by atoms with Crippen LogP contribution < -0.4 is 10.6 Å². The fraction of sp³-hybridized carbons (Fsp3) is 0.560. The van der Waals surface area contributed by atoms with Gasteiger partial charge >= 0.3 is 0 Å². The number of fused-ring (bicyclic) bond motifs is 5. The molecule has 162 valence electrons. The Balaban J connectivity index is 1.36. The zero-order valence-electron chi connectivity index (χ0n) is 18.0. The first-order valence-electron chi connectivity index (χ1n) is 11.9. The Morgan fingerprint density at radius 3 is 2.71 bits per heavy atom. The molecule has 31 heavy (non-hydrogen) atoms. The zero-order valence-corrected chi connectivity index (χ0v) is 18.0. The van der Waals surface area contributed by atoms with Crippen LogP contribution in [0.15, 0.2) is 30.3 Å². The molecular weight excluding hydrogens is 386 g/mol. The van der Waals surface area contributed by atoms with Crippen molar-refractivity contribution in [2.24, 2.45) is 11.8 Å². The van der Waals surface area contributed by atoms with Gasteiger partial charge in [-0.2, -0.15) is 4.98 Å². The van der Waals surface area contributed by atoms with Crippen LogP contribution >= 0.6 is 0 Å². The molecular formula is C25H31N5O. The molecule has 2 N–H and O–H groups in total. The van der Waals surface area contributed by atoms with Gasteiger partial charge in [0.05, 0.1) is 5.69 Å². The molecule has 6 heteroatoms. The lowest BCUT2D eigenvalue weighted by Crippen LogP contribution is -2.65. The molecule has 6 nitrogen and oxygen atoms in total. The number of rotatable bonds is 3. The number of amides is 1. The predicted octanol–water partition coefficient (Wildman–Crippen LogP) is 3.00. The lowest BCUT2D eigenvalue weighted by molar-refractivity contribution is -0.148. The van der Waals surface area contributed by atoms with Crippen molar-refractivity contribution in [2.45, 2.75) is 63.5 Å². The molecule has 3 aliphatic heterocycles. The fourth-order valence-electron chi connectivity index (χ4n) is 6.76. The quantitative estimate of drug-likeness (QED) is 0.831. The molecule has 1 amide bonds. The molecule has 6 rings (SSSR count). The third kappa shape index (κ3) is 3.27. The molecule has 0 radical (unpaired) electrons. The van der Waals surface area contributed by atoms with E-state index in [4.69, 9.17) is 10.7 Å². The molecule has 0 spiro atoms. The van der Waals surface area contributed by atoms with E-state index in [2.05, 4.69) is 45.1 Å². The lowest BCUT2D eigenvalue weighted by Gasteiger charge is -2.57. The van der Waals surface area contributed by atoms with Gasteiger partial charge in [-0.05, 0) is 62.3 Å². The van der Waals surface area contributed by atoms with E-state index in [1.807, 2.05) is 0 Å². The van der Waals surface area contributed by atoms with E-state index < -0.39 is 0 Å². The summed E-state index contributed by atoms with van der Waals surface area (Å²) in [6, 6.07) is 11.3. The smallest absolute Gasteiger partial charge is 0.223 e. The highest BCUT2D eigenvalue weighted by atomic mass is 16.2. The number of nitrogens with zero attached hydrogens (tertiary/aromatic N) is 4. The Morgan fingerprint density at radius 1 is 1.00 bits per heavy atom. The van der Waals surface area contributed by atoms with E-state index in [9.17, 15) is 4.79 Å². The van der Waals surface area contributed by atoms with Crippen molar-refractivity contribution < 1.29 is 4.79 Å². The fourth-order valence-corrected chi connectivity index (χ4v) is 6.76. The Bertz CT molecular complexity index is 993.